The van der Waals surface area contributed by atoms with Crippen LogP contribution in [0.4, 0.5) is 5.13 Å². The Morgan fingerprint density at radius 2 is 2.25 bits per heavy atom. The first-order valence-corrected chi connectivity index (χ1v) is 7.72. The fraction of sp³-hybridized carbons (Fsp3) is 0.333. The van der Waals surface area contributed by atoms with Crippen LogP contribution in [-0.2, 0) is 16.0 Å². The Labute approximate surface area is 123 Å². The summed E-state index contributed by atoms with van der Waals surface area (Å²) >= 11 is 2.72. The monoisotopic (exact) mass is 311 g/mol. The number of esters is 1. The van der Waals surface area contributed by atoms with Gasteiger partial charge in [0, 0.05) is 17.2 Å². The number of amides is 1. The summed E-state index contributed by atoms with van der Waals surface area (Å²) in [6, 6.07) is 0. The molecule has 1 N–H and O–H groups in total. The number of nitrogens with one attached hydrogen (secondary N) is 1. The minimum atomic E-state index is -0.262. The van der Waals surface area contributed by atoms with Crippen LogP contribution in [0.25, 0.3) is 0 Å². The fourth-order valence-corrected chi connectivity index (χ4v) is 2.75. The van der Waals surface area contributed by atoms with Crippen LogP contribution in [0, 0.1) is 0 Å². The van der Waals surface area contributed by atoms with Gasteiger partial charge < -0.3 is 4.74 Å². The topological polar surface area (TPSA) is 81.2 Å². The smallest absolute Gasteiger partial charge is 0.305 e. The molecule has 0 bridgehead atoms. The van der Waals surface area contributed by atoms with Gasteiger partial charge in [0.05, 0.1) is 18.3 Å². The first-order chi connectivity index (χ1) is 9.69. The molecule has 6 nitrogen and oxygen atoms in total. The number of nitrogens with zero attached hydrogens (tertiary/aromatic N) is 2. The van der Waals surface area contributed by atoms with Gasteiger partial charge in [-0.2, -0.15) is 0 Å². The number of aryl methyl sites for hydroxylation is 1. The van der Waals surface area contributed by atoms with Crippen LogP contribution in [0.3, 0.4) is 0 Å². The van der Waals surface area contributed by atoms with Gasteiger partial charge in [-0.05, 0) is 12.8 Å². The van der Waals surface area contributed by atoms with E-state index in [9.17, 15) is 9.59 Å². The summed E-state index contributed by atoms with van der Waals surface area (Å²) in [5.74, 6) is -0.487. The van der Waals surface area contributed by atoms with E-state index < -0.39 is 0 Å². The molecule has 0 aliphatic heterocycles. The largest absolute Gasteiger partial charge is 0.469 e. The Kier molecular flexibility index (Phi) is 5.19. The van der Waals surface area contributed by atoms with Crippen molar-refractivity contribution < 1.29 is 14.3 Å². The summed E-state index contributed by atoms with van der Waals surface area (Å²) in [4.78, 5) is 31.0. The number of rotatable bonds is 6. The molecule has 2 heterocycles. The second-order valence-electron chi connectivity index (χ2n) is 3.90. The molecule has 1 amide bonds. The molecular formula is C12H13N3O3S2. The summed E-state index contributed by atoms with van der Waals surface area (Å²) in [5, 5.41) is 6.78. The lowest BCUT2D eigenvalue weighted by Crippen LogP contribution is -2.11. The summed E-state index contributed by atoms with van der Waals surface area (Å²) in [6.07, 6.45) is 1.72. The minimum Gasteiger partial charge on any atom is -0.469 e. The third kappa shape index (κ3) is 4.10. The molecule has 0 fully saturated rings. The van der Waals surface area contributed by atoms with Crippen LogP contribution in [0.5, 0.6) is 0 Å². The lowest BCUT2D eigenvalue weighted by Gasteiger charge is -1.98. The van der Waals surface area contributed by atoms with Crippen LogP contribution in [0.15, 0.2) is 16.3 Å². The van der Waals surface area contributed by atoms with Gasteiger partial charge in [-0.1, -0.05) is 0 Å². The van der Waals surface area contributed by atoms with Crippen LogP contribution in [-0.4, -0.2) is 29.0 Å². The average Bonchev–Trinajstić information content (AvgIpc) is 3.10. The van der Waals surface area contributed by atoms with Crippen molar-refractivity contribution in [1.82, 2.24) is 9.97 Å². The van der Waals surface area contributed by atoms with Crippen molar-refractivity contribution >= 4 is 39.7 Å². The number of carbonyl (C=O) groups is 2. The standard InChI is InChI=1S/C12H13N3O3S2/c1-18-10(16)4-2-3-8-5-20-12(14-8)15-11(17)9-6-19-7-13-9/h5-7H,2-4H2,1H3,(H,14,15,17). The zero-order valence-corrected chi connectivity index (χ0v) is 12.4. The van der Waals surface area contributed by atoms with Crippen molar-refractivity contribution in [3.63, 3.8) is 0 Å². The van der Waals surface area contributed by atoms with Gasteiger partial charge in [-0.25, -0.2) is 9.97 Å². The van der Waals surface area contributed by atoms with E-state index in [4.69, 9.17) is 0 Å². The Morgan fingerprint density at radius 1 is 1.40 bits per heavy atom. The molecule has 2 aromatic heterocycles. The lowest BCUT2D eigenvalue weighted by atomic mass is 10.2. The van der Waals surface area contributed by atoms with Gasteiger partial charge >= 0.3 is 5.97 Å². The number of aromatic nitrogens is 2. The maximum Gasteiger partial charge on any atom is 0.305 e. The van der Waals surface area contributed by atoms with E-state index in [1.54, 1.807) is 10.9 Å². The van der Waals surface area contributed by atoms with Gasteiger partial charge in [-0.15, -0.1) is 22.7 Å². The Balaban J connectivity index is 1.83. The molecule has 0 aliphatic rings. The first-order valence-electron chi connectivity index (χ1n) is 5.90. The predicted octanol–water partition coefficient (Wildman–Crippen LogP) is 2.35. The van der Waals surface area contributed by atoms with Crippen molar-refractivity contribution in [2.75, 3.05) is 12.4 Å². The van der Waals surface area contributed by atoms with Crippen LogP contribution >= 0.6 is 22.7 Å². The molecule has 106 valence electrons. The van der Waals surface area contributed by atoms with Gasteiger partial charge in [0.1, 0.15) is 5.69 Å². The summed E-state index contributed by atoms with van der Waals surface area (Å²) < 4.78 is 4.57. The molecule has 0 saturated heterocycles. The summed E-state index contributed by atoms with van der Waals surface area (Å²) in [6.45, 7) is 0. The maximum atomic E-state index is 11.8. The number of thiazole rings is 2. The molecule has 0 aromatic carbocycles. The molecule has 0 aliphatic carbocycles. The van der Waals surface area contributed by atoms with Crippen molar-refractivity contribution in [2.45, 2.75) is 19.3 Å². The van der Waals surface area contributed by atoms with Crippen molar-refractivity contribution in [2.24, 2.45) is 0 Å². The molecule has 2 aromatic rings. The van der Waals surface area contributed by atoms with Crippen molar-refractivity contribution in [1.29, 1.82) is 0 Å². The fourth-order valence-electron chi connectivity index (χ4n) is 1.48. The molecule has 2 rings (SSSR count). The normalized spacial score (nSPS) is 10.2. The van der Waals surface area contributed by atoms with E-state index in [1.807, 2.05) is 5.38 Å². The molecular weight excluding hydrogens is 298 g/mol. The van der Waals surface area contributed by atoms with Gasteiger partial charge in [0.2, 0.25) is 0 Å². The molecule has 0 radical (unpaired) electrons. The highest BCUT2D eigenvalue weighted by molar-refractivity contribution is 7.14. The highest BCUT2D eigenvalue weighted by atomic mass is 32.1. The van der Waals surface area contributed by atoms with Crippen LogP contribution < -0.4 is 5.32 Å². The number of ether oxygens (including phenoxy) is 1. The Hall–Kier alpha value is -1.80. The SMILES string of the molecule is COC(=O)CCCc1csc(NC(=O)c2cscn2)n1. The second kappa shape index (κ2) is 7.11. The number of anilines is 1. The Morgan fingerprint density at radius 3 is 2.95 bits per heavy atom. The van der Waals surface area contributed by atoms with Crippen LogP contribution in [0.1, 0.15) is 29.0 Å². The van der Waals surface area contributed by atoms with Gasteiger partial charge in [0.25, 0.3) is 5.91 Å². The van der Waals surface area contributed by atoms with Gasteiger partial charge in [0.15, 0.2) is 5.13 Å². The first kappa shape index (κ1) is 14.6. The summed E-state index contributed by atoms with van der Waals surface area (Å²) in [7, 11) is 1.37. The van der Waals surface area contributed by atoms with E-state index in [2.05, 4.69) is 20.0 Å². The van der Waals surface area contributed by atoms with Crippen molar-refractivity contribution in [3.8, 4) is 0 Å². The van der Waals surface area contributed by atoms with E-state index in [0.717, 1.165) is 5.69 Å². The number of hydrogen-bond acceptors (Lipinski definition) is 7. The maximum absolute atomic E-state index is 11.8. The van der Waals surface area contributed by atoms with E-state index in [-0.39, 0.29) is 11.9 Å². The predicted molar refractivity (Wildman–Crippen MR) is 77.1 cm³/mol. The minimum absolute atomic E-state index is 0.225. The number of carbonyl (C=O) groups excluding carboxylic acids is 2. The van der Waals surface area contributed by atoms with Gasteiger partial charge in [-0.3, -0.25) is 14.9 Å². The molecule has 0 saturated carbocycles. The molecule has 8 heteroatoms. The van der Waals surface area contributed by atoms with E-state index in [1.165, 1.54) is 29.8 Å². The van der Waals surface area contributed by atoms with E-state index in [0.29, 0.717) is 30.1 Å². The average molecular weight is 311 g/mol. The summed E-state index contributed by atoms with van der Waals surface area (Å²) in [5.41, 5.74) is 2.85. The highest BCUT2D eigenvalue weighted by Gasteiger charge is 2.10. The molecule has 0 spiro atoms. The zero-order valence-electron chi connectivity index (χ0n) is 10.8. The molecule has 20 heavy (non-hydrogen) atoms. The quantitative estimate of drug-likeness (QED) is 0.828. The Bertz CT molecular complexity index is 581. The third-order valence-corrected chi connectivity index (χ3v) is 3.87. The zero-order chi connectivity index (χ0) is 14.4. The highest BCUT2D eigenvalue weighted by Crippen LogP contribution is 2.18. The van der Waals surface area contributed by atoms with Crippen LogP contribution in [0.2, 0.25) is 0 Å². The van der Waals surface area contributed by atoms with E-state index >= 15 is 0 Å². The second-order valence-corrected chi connectivity index (χ2v) is 5.48. The molecule has 0 unspecified atom stereocenters. The lowest BCUT2D eigenvalue weighted by molar-refractivity contribution is -0.140. The third-order valence-electron chi connectivity index (χ3n) is 2.48. The molecule has 0 atom stereocenters. The number of methoxy groups -OCH3 is 1. The van der Waals surface area contributed by atoms with Crippen molar-refractivity contribution in [3.05, 3.63) is 27.7 Å². The number of hydrogen-bond donors (Lipinski definition) is 1.